The second-order valence-electron chi connectivity index (χ2n) is 15.0. The Morgan fingerprint density at radius 2 is 0.841 bits per heavy atom. The molecule has 2 aromatic heterocycles. The molecule has 0 fully saturated rings. The lowest BCUT2D eigenvalue weighted by atomic mass is 9.98. The molecule has 0 saturated heterocycles. The summed E-state index contributed by atoms with van der Waals surface area (Å²) in [5.41, 5.74) is 8.87. The number of rotatable bonds is 7. The maximum absolute atomic E-state index is 14.4. The van der Waals surface area contributed by atoms with Crippen LogP contribution in [0.2, 0.25) is 0 Å². The Bertz CT molecular complexity index is 3300. The van der Waals surface area contributed by atoms with Gasteiger partial charge in [-0.2, -0.15) is 23.7 Å². The molecule has 63 heavy (non-hydrogen) atoms. The average Bonchev–Trinajstić information content (AvgIpc) is 3.66. The number of nitriles is 2. The topological polar surface area (TPSA) is 91.2 Å². The van der Waals surface area contributed by atoms with Crippen LogP contribution in [0.5, 0.6) is 0 Å². The van der Waals surface area contributed by atoms with E-state index in [0.717, 1.165) is 61.3 Å². The highest BCUT2D eigenvalue weighted by atomic mass is 19.4. The smallest absolute Gasteiger partial charge is 0.309 e. The molecular formula is C54H31F3N6. The standard InChI is InChI=1S/C54H31F3N6/c55-54(56,57)44-19-9-18-42(28-44)45-23-22-43(53-61-51(36-12-3-1-4-13-36)60-52(62-53)37-14-5-2-6-15-37)31-48(45)63-49-29-40(38-16-7-10-34(26-38)32-58)20-24-46(49)47-25-21-41(30-50(47)63)39-17-8-11-35(27-39)33-59/h1-31H. The summed E-state index contributed by atoms with van der Waals surface area (Å²) in [6.07, 6.45) is -4.57. The van der Waals surface area contributed by atoms with Crippen molar-refractivity contribution in [2.75, 3.05) is 0 Å². The van der Waals surface area contributed by atoms with Crippen LogP contribution in [0.15, 0.2) is 188 Å². The van der Waals surface area contributed by atoms with E-state index in [0.29, 0.717) is 51.0 Å². The Kier molecular flexibility index (Phi) is 9.63. The van der Waals surface area contributed by atoms with Crippen LogP contribution >= 0.6 is 0 Å². The minimum Gasteiger partial charge on any atom is -0.309 e. The molecule has 0 aliphatic carbocycles. The van der Waals surface area contributed by atoms with Crippen molar-refractivity contribution in [3.63, 3.8) is 0 Å². The van der Waals surface area contributed by atoms with Gasteiger partial charge >= 0.3 is 6.18 Å². The highest BCUT2D eigenvalue weighted by Crippen LogP contribution is 2.42. The third-order valence-electron chi connectivity index (χ3n) is 11.1. The van der Waals surface area contributed by atoms with E-state index >= 15 is 0 Å². The summed E-state index contributed by atoms with van der Waals surface area (Å²) in [6.45, 7) is 0. The molecule has 10 rings (SSSR count). The Hall–Kier alpha value is -8.66. The van der Waals surface area contributed by atoms with Gasteiger partial charge in [-0.25, -0.2) is 15.0 Å². The van der Waals surface area contributed by atoms with Gasteiger partial charge in [0.2, 0.25) is 0 Å². The van der Waals surface area contributed by atoms with Crippen LogP contribution < -0.4 is 0 Å². The molecule has 10 aromatic rings. The largest absolute Gasteiger partial charge is 0.416 e. The van der Waals surface area contributed by atoms with Crippen LogP contribution in [-0.4, -0.2) is 19.5 Å². The highest BCUT2D eigenvalue weighted by Gasteiger charge is 2.31. The summed E-state index contributed by atoms with van der Waals surface area (Å²) in [5, 5.41) is 21.3. The van der Waals surface area contributed by atoms with Gasteiger partial charge in [-0.05, 0) is 82.4 Å². The van der Waals surface area contributed by atoms with Gasteiger partial charge in [0, 0.05) is 33.0 Å². The zero-order chi connectivity index (χ0) is 43.1. The molecule has 6 nitrogen and oxygen atoms in total. The maximum atomic E-state index is 14.4. The summed E-state index contributed by atoms with van der Waals surface area (Å²) < 4.78 is 45.2. The lowest BCUT2D eigenvalue weighted by Gasteiger charge is -2.18. The number of aromatic nitrogens is 4. The first-order valence-electron chi connectivity index (χ1n) is 20.0. The molecule has 0 radical (unpaired) electrons. The third-order valence-corrected chi connectivity index (χ3v) is 11.1. The zero-order valence-electron chi connectivity index (χ0n) is 33.2. The fourth-order valence-electron chi connectivity index (χ4n) is 8.07. The van der Waals surface area contributed by atoms with Gasteiger partial charge in [0.25, 0.3) is 0 Å². The van der Waals surface area contributed by atoms with Crippen LogP contribution in [0, 0.1) is 22.7 Å². The zero-order valence-corrected chi connectivity index (χ0v) is 33.2. The number of hydrogen-bond acceptors (Lipinski definition) is 5. The van der Waals surface area contributed by atoms with Gasteiger partial charge in [-0.3, -0.25) is 0 Å². The van der Waals surface area contributed by atoms with Crippen molar-refractivity contribution < 1.29 is 13.2 Å². The molecule has 0 bridgehead atoms. The van der Waals surface area contributed by atoms with E-state index in [2.05, 4.69) is 16.7 Å². The molecule has 2 heterocycles. The van der Waals surface area contributed by atoms with Gasteiger partial charge in [-0.1, -0.05) is 133 Å². The average molecular weight is 821 g/mol. The summed E-state index contributed by atoms with van der Waals surface area (Å²) >= 11 is 0. The van der Waals surface area contributed by atoms with Crippen molar-refractivity contribution in [1.29, 1.82) is 10.5 Å². The number of nitrogens with zero attached hydrogens (tertiary/aromatic N) is 6. The number of halogens is 3. The molecule has 0 aliphatic rings. The Labute approximate surface area is 360 Å². The van der Waals surface area contributed by atoms with Crippen LogP contribution in [0.3, 0.4) is 0 Å². The Morgan fingerprint density at radius 1 is 0.397 bits per heavy atom. The summed E-state index contributed by atoms with van der Waals surface area (Å²) in [5.74, 6) is 1.31. The fourth-order valence-corrected chi connectivity index (χ4v) is 8.07. The fraction of sp³-hybridized carbons (Fsp3) is 0.0185. The maximum Gasteiger partial charge on any atom is 0.416 e. The van der Waals surface area contributed by atoms with Gasteiger partial charge in [-0.15, -0.1) is 0 Å². The second kappa shape index (κ2) is 15.7. The molecule has 0 aliphatic heterocycles. The van der Waals surface area contributed by atoms with E-state index in [9.17, 15) is 23.7 Å². The minimum absolute atomic E-state index is 0.364. The van der Waals surface area contributed by atoms with Gasteiger partial charge < -0.3 is 4.57 Å². The molecule has 0 amide bonds. The van der Waals surface area contributed by atoms with Crippen molar-refractivity contribution in [3.05, 3.63) is 205 Å². The van der Waals surface area contributed by atoms with Crippen LogP contribution in [0.25, 0.3) is 95.0 Å². The van der Waals surface area contributed by atoms with Crippen molar-refractivity contribution in [1.82, 2.24) is 19.5 Å². The molecule has 8 aromatic carbocycles. The van der Waals surface area contributed by atoms with Gasteiger partial charge in [0.05, 0.1) is 45.5 Å². The summed E-state index contributed by atoms with van der Waals surface area (Å²) in [7, 11) is 0. The van der Waals surface area contributed by atoms with E-state index in [-0.39, 0.29) is 0 Å². The SMILES string of the molecule is N#Cc1cccc(-c2ccc3c4ccc(-c5cccc(C#N)c5)cc4n(-c4cc(-c5nc(-c6ccccc6)nc(-c6ccccc6)n5)ccc4-c4cccc(C(F)(F)F)c4)c3c2)c1. The van der Waals surface area contributed by atoms with Crippen LogP contribution in [0.4, 0.5) is 13.2 Å². The molecule has 0 saturated carbocycles. The number of alkyl halides is 3. The Balaban J connectivity index is 1.30. The van der Waals surface area contributed by atoms with Gasteiger partial charge in [0.15, 0.2) is 17.5 Å². The monoisotopic (exact) mass is 820 g/mol. The predicted molar refractivity (Wildman–Crippen MR) is 241 cm³/mol. The molecule has 0 spiro atoms. The molecule has 298 valence electrons. The van der Waals surface area contributed by atoms with E-state index in [1.165, 1.54) is 12.1 Å². The van der Waals surface area contributed by atoms with Gasteiger partial charge in [0.1, 0.15) is 0 Å². The van der Waals surface area contributed by atoms with Crippen molar-refractivity contribution >= 4 is 21.8 Å². The predicted octanol–water partition coefficient (Wildman–Crippen LogP) is 13.7. The van der Waals surface area contributed by atoms with E-state index < -0.39 is 11.7 Å². The number of fused-ring (bicyclic) bond motifs is 3. The first-order valence-corrected chi connectivity index (χ1v) is 20.0. The number of benzene rings is 8. The van der Waals surface area contributed by atoms with Crippen LogP contribution in [-0.2, 0) is 6.18 Å². The highest BCUT2D eigenvalue weighted by molar-refractivity contribution is 6.12. The molecular weight excluding hydrogens is 790 g/mol. The first kappa shape index (κ1) is 38.5. The van der Waals surface area contributed by atoms with Crippen molar-refractivity contribution in [3.8, 4) is 85.4 Å². The minimum atomic E-state index is -4.57. The normalized spacial score (nSPS) is 11.4. The molecule has 9 heteroatoms. The van der Waals surface area contributed by atoms with E-state index in [4.69, 9.17) is 15.0 Å². The number of hydrogen-bond donors (Lipinski definition) is 0. The first-order chi connectivity index (χ1) is 30.7. The van der Waals surface area contributed by atoms with Crippen molar-refractivity contribution in [2.45, 2.75) is 6.18 Å². The quantitative estimate of drug-likeness (QED) is 0.160. The Morgan fingerprint density at radius 3 is 1.35 bits per heavy atom. The molecule has 0 N–H and O–H groups in total. The lowest BCUT2D eigenvalue weighted by Crippen LogP contribution is -2.05. The van der Waals surface area contributed by atoms with E-state index in [1.807, 2.05) is 152 Å². The summed E-state index contributed by atoms with van der Waals surface area (Å²) in [4.78, 5) is 14.9. The molecule has 0 atom stereocenters. The summed E-state index contributed by atoms with van der Waals surface area (Å²) in [6, 6.07) is 61.6. The lowest BCUT2D eigenvalue weighted by molar-refractivity contribution is -0.137. The van der Waals surface area contributed by atoms with Crippen molar-refractivity contribution in [2.24, 2.45) is 0 Å². The second-order valence-corrected chi connectivity index (χ2v) is 15.0. The molecule has 0 unspecified atom stereocenters. The van der Waals surface area contributed by atoms with Crippen LogP contribution in [0.1, 0.15) is 16.7 Å². The van der Waals surface area contributed by atoms with E-state index in [1.54, 1.807) is 18.2 Å². The third kappa shape index (κ3) is 7.35.